The van der Waals surface area contributed by atoms with E-state index in [1.807, 2.05) is 12.1 Å². The number of nitrogens with two attached hydrogens (primary N) is 2. The number of hydrogen-bond donors (Lipinski definition) is 4. The van der Waals surface area contributed by atoms with E-state index in [0.717, 1.165) is 11.8 Å². The molecule has 0 fully saturated rings. The molecule has 0 bridgehead atoms. The number of hydrogen-bond acceptors (Lipinski definition) is 9. The zero-order chi connectivity index (χ0) is 22.8. The van der Waals surface area contributed by atoms with E-state index < -0.39 is 15.4 Å². The van der Waals surface area contributed by atoms with Crippen LogP contribution in [0.4, 0.5) is 17.5 Å². The molecule has 3 aromatic rings. The van der Waals surface area contributed by atoms with Gasteiger partial charge in [0.2, 0.25) is 11.9 Å². The Hall–Kier alpha value is -3.31. The first-order valence-electron chi connectivity index (χ1n) is 9.49. The van der Waals surface area contributed by atoms with Crippen LogP contribution < -0.4 is 22.1 Å². The third-order valence-electron chi connectivity index (χ3n) is 4.35. The largest absolute Gasteiger partial charge is 0.368 e. The van der Waals surface area contributed by atoms with Gasteiger partial charge in [0.1, 0.15) is 15.4 Å². The number of aromatic nitrogens is 3. The normalized spacial score (nSPS) is 12.0. The number of nitrogen functional groups attached to an aromatic ring is 1. The number of sulfone groups is 1. The van der Waals surface area contributed by atoms with Gasteiger partial charge in [0.25, 0.3) is 0 Å². The first kappa shape index (κ1) is 22.4. The second-order valence-corrected chi connectivity index (χ2v) is 10.1. The molecule has 0 atom stereocenters. The molecule has 10 nitrogen and oxygen atoms in total. The number of nitrogens with zero attached hydrogens (tertiary/aromatic N) is 3. The molecule has 164 valence electrons. The lowest BCUT2D eigenvalue weighted by molar-refractivity contribution is -0.120. The molecule has 2 aromatic heterocycles. The van der Waals surface area contributed by atoms with Crippen LogP contribution in [-0.2, 0) is 14.6 Å². The van der Waals surface area contributed by atoms with Crippen molar-refractivity contribution in [2.45, 2.75) is 19.4 Å². The van der Waals surface area contributed by atoms with Gasteiger partial charge < -0.3 is 22.1 Å². The molecule has 0 aliphatic rings. The molecule has 0 saturated heterocycles. The molecule has 31 heavy (non-hydrogen) atoms. The summed E-state index contributed by atoms with van der Waals surface area (Å²) in [6.45, 7) is 3.43. The molecule has 11 heteroatoms. The second kappa shape index (κ2) is 8.44. The number of carbonyl (C=O) groups excluding carboxylic acids is 1. The predicted molar refractivity (Wildman–Crippen MR) is 122 cm³/mol. The van der Waals surface area contributed by atoms with Crippen molar-refractivity contribution in [2.24, 2.45) is 5.73 Å². The van der Waals surface area contributed by atoms with Crippen LogP contribution >= 0.6 is 0 Å². The molecule has 0 radical (unpaired) electrons. The van der Waals surface area contributed by atoms with Gasteiger partial charge in [-0.05, 0) is 38.1 Å². The highest BCUT2D eigenvalue weighted by Crippen LogP contribution is 2.25. The van der Waals surface area contributed by atoms with E-state index in [0.29, 0.717) is 28.2 Å². The van der Waals surface area contributed by atoms with Gasteiger partial charge in [0, 0.05) is 24.1 Å². The van der Waals surface area contributed by atoms with Gasteiger partial charge in [-0.3, -0.25) is 4.79 Å². The molecule has 2 heterocycles. The number of nitrogens with one attached hydrogen (secondary N) is 2. The van der Waals surface area contributed by atoms with Crippen LogP contribution in [0.25, 0.3) is 22.3 Å². The summed E-state index contributed by atoms with van der Waals surface area (Å²) in [4.78, 5) is 25.0. The van der Waals surface area contributed by atoms with E-state index in [1.54, 1.807) is 38.1 Å². The maximum atomic E-state index is 12.0. The predicted octanol–water partition coefficient (Wildman–Crippen LogP) is 1.41. The average Bonchev–Trinajstić information content (AvgIpc) is 2.66. The SMILES string of the molecule is CC(C)(N)C(=O)Nc1ccc(-c2ccc3nc(N)nc(NCCS(C)(=O)=O)c3n2)cc1. The monoisotopic (exact) mass is 443 g/mol. The summed E-state index contributed by atoms with van der Waals surface area (Å²) in [5, 5.41) is 5.74. The van der Waals surface area contributed by atoms with Gasteiger partial charge in [0.05, 0.1) is 22.5 Å². The van der Waals surface area contributed by atoms with E-state index in [4.69, 9.17) is 11.5 Å². The Bertz CT molecular complexity index is 1220. The topological polar surface area (TPSA) is 166 Å². The smallest absolute Gasteiger partial charge is 0.243 e. The lowest BCUT2D eigenvalue weighted by atomic mass is 10.1. The van der Waals surface area contributed by atoms with Gasteiger partial charge in [0.15, 0.2) is 5.82 Å². The highest BCUT2D eigenvalue weighted by atomic mass is 32.2. The summed E-state index contributed by atoms with van der Waals surface area (Å²) in [5.41, 5.74) is 13.7. The number of anilines is 3. The van der Waals surface area contributed by atoms with Gasteiger partial charge in [-0.1, -0.05) is 12.1 Å². The number of fused-ring (bicyclic) bond motifs is 1. The Morgan fingerprint density at radius 3 is 2.35 bits per heavy atom. The molecule has 0 spiro atoms. The van der Waals surface area contributed by atoms with Gasteiger partial charge in [-0.15, -0.1) is 0 Å². The maximum absolute atomic E-state index is 12.0. The summed E-state index contributed by atoms with van der Waals surface area (Å²) in [5.74, 6) is 0.0859. The molecule has 0 aliphatic heterocycles. The molecule has 1 aromatic carbocycles. The van der Waals surface area contributed by atoms with Crippen LogP contribution in [0.1, 0.15) is 13.8 Å². The number of rotatable bonds is 7. The van der Waals surface area contributed by atoms with E-state index in [9.17, 15) is 13.2 Å². The Morgan fingerprint density at radius 1 is 1.06 bits per heavy atom. The van der Waals surface area contributed by atoms with Crippen molar-refractivity contribution in [1.29, 1.82) is 0 Å². The summed E-state index contributed by atoms with van der Waals surface area (Å²) >= 11 is 0. The molecule has 0 saturated carbocycles. The third kappa shape index (κ3) is 5.86. The van der Waals surface area contributed by atoms with E-state index in [2.05, 4.69) is 25.6 Å². The van der Waals surface area contributed by atoms with Crippen LogP contribution in [0, 0.1) is 0 Å². The molecule has 0 aliphatic carbocycles. The molecule has 6 N–H and O–H groups in total. The molecular formula is C20H25N7O3S. The Balaban J connectivity index is 1.88. The maximum Gasteiger partial charge on any atom is 0.243 e. The Labute approximate surface area is 180 Å². The quantitative estimate of drug-likeness (QED) is 0.422. The van der Waals surface area contributed by atoms with Crippen LogP contribution in [-0.4, -0.2) is 53.4 Å². The Kier molecular flexibility index (Phi) is 6.09. The van der Waals surface area contributed by atoms with Crippen molar-refractivity contribution < 1.29 is 13.2 Å². The molecular weight excluding hydrogens is 418 g/mol. The lowest BCUT2D eigenvalue weighted by Crippen LogP contribution is -2.45. The van der Waals surface area contributed by atoms with Crippen LogP contribution in [0.2, 0.25) is 0 Å². The highest BCUT2D eigenvalue weighted by Gasteiger charge is 2.21. The number of pyridine rings is 1. The van der Waals surface area contributed by atoms with Crippen molar-refractivity contribution in [3.05, 3.63) is 36.4 Å². The summed E-state index contributed by atoms with van der Waals surface area (Å²) in [6, 6.07) is 10.7. The zero-order valence-corrected chi connectivity index (χ0v) is 18.3. The van der Waals surface area contributed by atoms with Gasteiger partial charge in [-0.2, -0.15) is 4.98 Å². The minimum atomic E-state index is -3.13. The zero-order valence-electron chi connectivity index (χ0n) is 17.5. The molecule has 0 unspecified atom stereocenters. The van der Waals surface area contributed by atoms with Crippen molar-refractivity contribution in [2.75, 3.05) is 34.9 Å². The van der Waals surface area contributed by atoms with E-state index in [-0.39, 0.29) is 24.2 Å². The van der Waals surface area contributed by atoms with Gasteiger partial charge >= 0.3 is 0 Å². The van der Waals surface area contributed by atoms with Crippen molar-refractivity contribution >= 4 is 44.2 Å². The third-order valence-corrected chi connectivity index (χ3v) is 5.29. The van der Waals surface area contributed by atoms with Crippen LogP contribution in [0.15, 0.2) is 36.4 Å². The van der Waals surface area contributed by atoms with Crippen molar-refractivity contribution in [3.63, 3.8) is 0 Å². The van der Waals surface area contributed by atoms with Gasteiger partial charge in [-0.25, -0.2) is 18.4 Å². The molecule has 1 amide bonds. The highest BCUT2D eigenvalue weighted by molar-refractivity contribution is 7.90. The minimum absolute atomic E-state index is 0.0507. The summed E-state index contributed by atoms with van der Waals surface area (Å²) < 4.78 is 22.8. The standard InChI is InChI=1S/C20H25N7O3S/c1-20(2,22)18(28)24-13-6-4-12(5-7-13)14-8-9-15-16(25-14)17(27-19(21)26-15)23-10-11-31(3,29)30/h4-9H,10-11,22H2,1-3H3,(H,24,28)(H3,21,23,26,27). The van der Waals surface area contributed by atoms with E-state index >= 15 is 0 Å². The van der Waals surface area contributed by atoms with Crippen molar-refractivity contribution in [3.8, 4) is 11.3 Å². The fourth-order valence-corrected chi connectivity index (χ4v) is 3.16. The summed E-state index contributed by atoms with van der Waals surface area (Å²) in [6.07, 6.45) is 1.16. The first-order valence-corrected chi connectivity index (χ1v) is 11.5. The van der Waals surface area contributed by atoms with E-state index in [1.165, 1.54) is 0 Å². The average molecular weight is 444 g/mol. The van der Waals surface area contributed by atoms with Crippen molar-refractivity contribution in [1.82, 2.24) is 15.0 Å². The molecule has 3 rings (SSSR count). The number of benzene rings is 1. The summed E-state index contributed by atoms with van der Waals surface area (Å²) in [7, 11) is -3.13. The number of carbonyl (C=O) groups is 1. The minimum Gasteiger partial charge on any atom is -0.368 e. The van der Waals surface area contributed by atoms with Crippen LogP contribution in [0.5, 0.6) is 0 Å². The number of amides is 1. The second-order valence-electron chi connectivity index (χ2n) is 7.80. The Morgan fingerprint density at radius 2 is 1.74 bits per heavy atom. The van der Waals surface area contributed by atoms with Crippen LogP contribution in [0.3, 0.4) is 0 Å². The fraction of sp³-hybridized carbons (Fsp3) is 0.300. The fourth-order valence-electron chi connectivity index (χ4n) is 2.69. The first-order chi connectivity index (χ1) is 14.4. The lowest BCUT2D eigenvalue weighted by Gasteiger charge is -2.17.